The number of pyridine rings is 1. The monoisotopic (exact) mass is 511 g/mol. The van der Waals surface area contributed by atoms with Crippen molar-refractivity contribution < 1.29 is 26.3 Å². The van der Waals surface area contributed by atoms with E-state index in [9.17, 15) is 22.0 Å². The lowest BCUT2D eigenvalue weighted by Crippen LogP contribution is -2.38. The highest BCUT2D eigenvalue weighted by Gasteiger charge is 2.44. The average Bonchev–Trinajstić information content (AvgIpc) is 3.47. The van der Waals surface area contributed by atoms with Crippen molar-refractivity contribution in [2.24, 2.45) is 7.05 Å². The first kappa shape index (κ1) is 24.3. The maximum Gasteiger partial charge on any atom is 0.408 e. The third kappa shape index (κ3) is 4.70. The Hall–Kier alpha value is -3.38. The Bertz CT molecular complexity index is 1380. The lowest BCUT2D eigenvalue weighted by atomic mass is 9.84. The fraction of sp³-hybridized carbons (Fsp3) is 0.478. The Morgan fingerprint density at radius 1 is 1.00 bits per heavy atom. The van der Waals surface area contributed by atoms with E-state index in [1.165, 1.54) is 12.4 Å². The molecule has 4 aromatic rings. The number of halogens is 6. The van der Waals surface area contributed by atoms with E-state index in [0.717, 1.165) is 4.68 Å². The minimum Gasteiger partial charge on any atom is -0.342 e. The van der Waals surface area contributed by atoms with Crippen molar-refractivity contribution >= 4 is 11.0 Å². The number of nitrogens with zero attached hydrogens (tertiary/aromatic N) is 7. The van der Waals surface area contributed by atoms with Gasteiger partial charge < -0.3 is 4.57 Å². The van der Waals surface area contributed by atoms with Gasteiger partial charge in [-0.3, -0.25) is 9.67 Å². The summed E-state index contributed by atoms with van der Waals surface area (Å²) in [6, 6.07) is 1.78. The summed E-state index contributed by atoms with van der Waals surface area (Å²) in [5.74, 6) is -2.88. The molecule has 0 aliphatic heterocycles. The van der Waals surface area contributed by atoms with Gasteiger partial charge in [-0.25, -0.2) is 17.9 Å². The summed E-state index contributed by atoms with van der Waals surface area (Å²) >= 11 is 0. The molecular formula is C23H23F6N7. The van der Waals surface area contributed by atoms with Crippen molar-refractivity contribution in [1.29, 1.82) is 0 Å². The molecule has 0 spiro atoms. The SMILES string of the molecule is Cc1nnn(C)c1-c1cnc2c(-c3cnn(CC(F)(F)F)c3)cn(CC3(F)CCC(F)(F)CC3)c2c1. The summed E-state index contributed by atoms with van der Waals surface area (Å²) in [4.78, 5) is 4.55. The van der Waals surface area contributed by atoms with Gasteiger partial charge >= 0.3 is 6.18 Å². The quantitative estimate of drug-likeness (QED) is 0.333. The van der Waals surface area contributed by atoms with E-state index in [4.69, 9.17) is 0 Å². The van der Waals surface area contributed by atoms with E-state index in [1.807, 2.05) is 0 Å². The third-order valence-electron chi connectivity index (χ3n) is 6.60. The fourth-order valence-corrected chi connectivity index (χ4v) is 4.79. The topological polar surface area (TPSA) is 66.3 Å². The Kier molecular flexibility index (Phi) is 5.63. The number of aryl methyl sites for hydroxylation is 2. The first-order valence-electron chi connectivity index (χ1n) is 11.3. The summed E-state index contributed by atoms with van der Waals surface area (Å²) in [6.45, 7) is 0.340. The zero-order valence-corrected chi connectivity index (χ0v) is 19.5. The standard InChI is InChI=1S/C23H23F6N7/c1-14-20(34(2)33-32-14)15-7-18-19(30-8-15)17(16-9-31-36(10-16)13-23(27,28)29)11-35(18)12-21(24)3-5-22(25,26)6-4-21/h7-11H,3-6,12-13H2,1-2H3. The third-order valence-corrected chi connectivity index (χ3v) is 6.60. The van der Waals surface area contributed by atoms with Gasteiger partial charge in [-0.05, 0) is 25.8 Å². The van der Waals surface area contributed by atoms with Crippen molar-refractivity contribution in [1.82, 2.24) is 34.3 Å². The van der Waals surface area contributed by atoms with E-state index >= 15 is 4.39 Å². The second-order valence-electron chi connectivity index (χ2n) is 9.46. The van der Waals surface area contributed by atoms with Crippen LogP contribution in [0.15, 0.2) is 30.9 Å². The van der Waals surface area contributed by atoms with Gasteiger partial charge in [0.25, 0.3) is 0 Å². The molecule has 1 saturated carbocycles. The van der Waals surface area contributed by atoms with Crippen LogP contribution in [0.2, 0.25) is 0 Å². The predicted octanol–water partition coefficient (Wildman–Crippen LogP) is 5.48. The normalized spacial score (nSPS) is 17.7. The molecule has 36 heavy (non-hydrogen) atoms. The first-order valence-corrected chi connectivity index (χ1v) is 11.3. The highest BCUT2D eigenvalue weighted by atomic mass is 19.4. The van der Waals surface area contributed by atoms with Crippen LogP contribution in [0.3, 0.4) is 0 Å². The van der Waals surface area contributed by atoms with Gasteiger partial charge in [0.05, 0.1) is 35.2 Å². The van der Waals surface area contributed by atoms with Crippen LogP contribution in [0.4, 0.5) is 26.3 Å². The second kappa shape index (κ2) is 8.34. The van der Waals surface area contributed by atoms with Crippen LogP contribution < -0.4 is 0 Å². The molecule has 5 rings (SSSR count). The summed E-state index contributed by atoms with van der Waals surface area (Å²) in [7, 11) is 1.72. The molecular weight excluding hydrogens is 488 g/mol. The number of alkyl halides is 6. The van der Waals surface area contributed by atoms with Gasteiger partial charge in [0.1, 0.15) is 12.2 Å². The van der Waals surface area contributed by atoms with Crippen LogP contribution in [0, 0.1) is 6.92 Å². The van der Waals surface area contributed by atoms with Crippen molar-refractivity contribution in [2.45, 2.75) is 63.5 Å². The molecule has 0 aromatic carbocycles. The molecule has 192 valence electrons. The van der Waals surface area contributed by atoms with Crippen LogP contribution in [0.5, 0.6) is 0 Å². The average molecular weight is 511 g/mol. The van der Waals surface area contributed by atoms with Crippen LogP contribution in [0.1, 0.15) is 31.4 Å². The maximum absolute atomic E-state index is 15.7. The molecule has 0 saturated heterocycles. The molecule has 7 nitrogen and oxygen atoms in total. The molecule has 13 heteroatoms. The molecule has 0 amide bonds. The smallest absolute Gasteiger partial charge is 0.342 e. The number of rotatable bonds is 5. The van der Waals surface area contributed by atoms with E-state index in [1.54, 1.807) is 41.7 Å². The predicted molar refractivity (Wildman–Crippen MR) is 119 cm³/mol. The van der Waals surface area contributed by atoms with Gasteiger partial charge in [0.15, 0.2) is 0 Å². The molecule has 0 radical (unpaired) electrons. The Labute approximate surface area is 201 Å². The molecule has 0 bridgehead atoms. The van der Waals surface area contributed by atoms with Crippen LogP contribution in [-0.4, -0.2) is 52.1 Å². The van der Waals surface area contributed by atoms with Crippen molar-refractivity contribution in [3.63, 3.8) is 0 Å². The van der Waals surface area contributed by atoms with Crippen molar-refractivity contribution in [3.8, 4) is 22.4 Å². The van der Waals surface area contributed by atoms with E-state index < -0.39 is 37.2 Å². The lowest BCUT2D eigenvalue weighted by Gasteiger charge is -2.34. The van der Waals surface area contributed by atoms with Gasteiger partial charge in [0, 0.05) is 55.2 Å². The molecule has 0 N–H and O–H groups in total. The van der Waals surface area contributed by atoms with Crippen molar-refractivity contribution in [2.75, 3.05) is 0 Å². The van der Waals surface area contributed by atoms with Gasteiger partial charge in [-0.15, -0.1) is 5.10 Å². The minimum absolute atomic E-state index is 0.190. The van der Waals surface area contributed by atoms with Gasteiger partial charge in [-0.2, -0.15) is 18.3 Å². The molecule has 0 unspecified atom stereocenters. The van der Waals surface area contributed by atoms with Gasteiger partial charge in [-0.1, -0.05) is 5.21 Å². The summed E-state index contributed by atoms with van der Waals surface area (Å²) in [5, 5.41) is 11.8. The molecule has 4 aromatic heterocycles. The minimum atomic E-state index is -4.44. The van der Waals surface area contributed by atoms with Gasteiger partial charge in [0.2, 0.25) is 5.92 Å². The maximum atomic E-state index is 15.7. The molecule has 1 fully saturated rings. The second-order valence-corrected chi connectivity index (χ2v) is 9.46. The highest BCUT2D eigenvalue weighted by Crippen LogP contribution is 2.42. The summed E-state index contributed by atoms with van der Waals surface area (Å²) in [6.07, 6.45) is -0.374. The molecule has 1 aliphatic rings. The number of hydrogen-bond acceptors (Lipinski definition) is 4. The lowest BCUT2D eigenvalue weighted by molar-refractivity contribution is -0.142. The zero-order chi connectivity index (χ0) is 25.9. The Morgan fingerprint density at radius 2 is 1.72 bits per heavy atom. The molecule has 1 aliphatic carbocycles. The Morgan fingerprint density at radius 3 is 2.36 bits per heavy atom. The Balaban J connectivity index is 1.59. The van der Waals surface area contributed by atoms with E-state index in [-0.39, 0.29) is 19.4 Å². The molecule has 0 atom stereocenters. The van der Waals surface area contributed by atoms with E-state index in [0.29, 0.717) is 39.1 Å². The van der Waals surface area contributed by atoms with Crippen LogP contribution >= 0.6 is 0 Å². The number of hydrogen-bond donors (Lipinski definition) is 0. The summed E-state index contributed by atoms with van der Waals surface area (Å²) < 4.78 is 85.5. The fourth-order valence-electron chi connectivity index (χ4n) is 4.79. The zero-order valence-electron chi connectivity index (χ0n) is 19.5. The highest BCUT2D eigenvalue weighted by molar-refractivity contribution is 5.94. The number of aromatic nitrogens is 7. The van der Waals surface area contributed by atoms with Crippen LogP contribution in [0.25, 0.3) is 33.4 Å². The summed E-state index contributed by atoms with van der Waals surface area (Å²) in [5.41, 5.74) is 1.95. The van der Waals surface area contributed by atoms with Crippen molar-refractivity contribution in [3.05, 3.63) is 36.5 Å². The number of fused-ring (bicyclic) bond motifs is 1. The van der Waals surface area contributed by atoms with E-state index in [2.05, 4.69) is 20.4 Å². The molecule has 4 heterocycles. The largest absolute Gasteiger partial charge is 0.408 e. The first-order chi connectivity index (χ1) is 16.8. The van der Waals surface area contributed by atoms with Crippen LogP contribution in [-0.2, 0) is 20.1 Å².